The van der Waals surface area contributed by atoms with Crippen LogP contribution in [0.5, 0.6) is 0 Å². The monoisotopic (exact) mass is 595 g/mol. The predicted molar refractivity (Wildman–Crippen MR) is 179 cm³/mol. The van der Waals surface area contributed by atoms with Crippen LogP contribution >= 0.6 is 9.24 Å². The van der Waals surface area contributed by atoms with Gasteiger partial charge in [-0.25, -0.2) is 14.6 Å². The number of aromatic amines is 1. The lowest BCUT2D eigenvalue weighted by Gasteiger charge is -2.32. The van der Waals surface area contributed by atoms with Gasteiger partial charge in [0.15, 0.2) is 5.82 Å². The van der Waals surface area contributed by atoms with E-state index in [9.17, 15) is 9.59 Å². The fourth-order valence-electron chi connectivity index (χ4n) is 5.66. The van der Waals surface area contributed by atoms with Gasteiger partial charge < -0.3 is 16.0 Å². The molecule has 1 aliphatic heterocycles. The van der Waals surface area contributed by atoms with E-state index >= 15 is 0 Å². The fraction of sp³-hybridized carbons (Fsp3) is 0.242. The highest BCUT2D eigenvalue weighted by Crippen LogP contribution is 2.35. The first-order chi connectivity index (χ1) is 21.0. The summed E-state index contributed by atoms with van der Waals surface area (Å²) in [6.07, 6.45) is 1.85. The molecule has 5 N–H and O–H groups in total. The molecule has 2 amide bonds. The van der Waals surface area contributed by atoms with Crippen molar-refractivity contribution in [1.82, 2.24) is 24.8 Å². The molecule has 43 heavy (non-hydrogen) atoms. The zero-order chi connectivity index (χ0) is 30.3. The molecule has 0 spiro atoms. The minimum atomic E-state index is -0.378. The summed E-state index contributed by atoms with van der Waals surface area (Å²) in [4.78, 5) is 34.8. The third-order valence-corrected chi connectivity index (χ3v) is 7.78. The molecule has 1 fully saturated rings. The van der Waals surface area contributed by atoms with Crippen LogP contribution in [0.25, 0.3) is 33.4 Å². The van der Waals surface area contributed by atoms with Crippen LogP contribution < -0.4 is 22.1 Å². The van der Waals surface area contributed by atoms with Gasteiger partial charge in [-0.1, -0.05) is 73.4 Å². The highest BCUT2D eigenvalue weighted by Gasteiger charge is 2.24. The molecular weight excluding hydrogens is 557 g/mol. The van der Waals surface area contributed by atoms with Crippen molar-refractivity contribution in [1.29, 1.82) is 0 Å². The highest BCUT2D eigenvalue weighted by molar-refractivity contribution is 7.15. The van der Waals surface area contributed by atoms with Gasteiger partial charge in [-0.3, -0.25) is 14.8 Å². The van der Waals surface area contributed by atoms with Gasteiger partial charge >= 0.3 is 11.7 Å². The quantitative estimate of drug-likeness (QED) is 0.187. The number of benzene rings is 3. The van der Waals surface area contributed by atoms with Gasteiger partial charge in [-0.15, -0.1) is 9.24 Å². The molecule has 6 rings (SSSR count). The number of likely N-dealkylation sites (tertiary alicyclic amines) is 1. The van der Waals surface area contributed by atoms with Crippen LogP contribution in [-0.2, 0) is 6.54 Å². The number of aromatic nitrogens is 3. The number of piperidine rings is 1. The van der Waals surface area contributed by atoms with Crippen molar-refractivity contribution in [3.05, 3.63) is 101 Å². The number of fused-ring (bicyclic) bond motifs is 1. The number of carbonyl (C=O) groups excluding carboxylic acids is 1. The highest BCUT2D eigenvalue weighted by atomic mass is 31.0. The Kier molecular flexibility index (Phi) is 9.55. The number of urea groups is 1. The maximum Gasteiger partial charge on any atom is 0.326 e. The van der Waals surface area contributed by atoms with Crippen molar-refractivity contribution in [3.8, 4) is 22.4 Å². The Balaban J connectivity index is 0.00000180. The van der Waals surface area contributed by atoms with Crippen LogP contribution in [0.4, 0.5) is 16.3 Å². The smallest absolute Gasteiger partial charge is 0.326 e. The van der Waals surface area contributed by atoms with E-state index in [1.165, 1.54) is 5.56 Å². The number of imidazole rings is 1. The standard InChI is InChI=1S/C32H33N7O2.CH5P/c1-34-31(40)37-30-26(33)19-25(22-7-3-2-4-8-22)29(36-30)23-13-11-21(12-14-23)20-38-17-15-24(16-18-38)39-28-10-6-5-9-27(28)35-32(39)41;1-2/h2-14,19,24H,15-18,20,33H2,1H3,(H,35,41)(H2,34,36,37,40);2H2,1H3. The summed E-state index contributed by atoms with van der Waals surface area (Å²) in [5.74, 6) is 0.320. The van der Waals surface area contributed by atoms with Gasteiger partial charge in [0.25, 0.3) is 0 Å². The number of anilines is 2. The number of nitrogen functional groups attached to an aromatic ring is 1. The summed E-state index contributed by atoms with van der Waals surface area (Å²) in [6, 6.07) is 27.9. The van der Waals surface area contributed by atoms with Crippen LogP contribution in [-0.4, -0.2) is 52.3 Å². The maximum absolute atomic E-state index is 12.6. The Hall–Kier alpha value is -4.46. The summed E-state index contributed by atoms with van der Waals surface area (Å²) >= 11 is 0. The molecular formula is C33H38N7O2P. The summed E-state index contributed by atoms with van der Waals surface area (Å²) in [5.41, 5.74) is 13.3. The molecule has 3 aromatic carbocycles. The number of nitrogens with one attached hydrogen (secondary N) is 3. The van der Waals surface area contributed by atoms with Gasteiger partial charge in [-0.2, -0.15) is 0 Å². The lowest BCUT2D eigenvalue weighted by Crippen LogP contribution is -2.36. The molecule has 3 heterocycles. The average Bonchev–Trinajstić information content (AvgIpc) is 3.39. The van der Waals surface area contributed by atoms with E-state index in [1.54, 1.807) is 7.05 Å². The third kappa shape index (κ3) is 6.63. The van der Waals surface area contributed by atoms with Crippen molar-refractivity contribution < 1.29 is 4.79 Å². The van der Waals surface area contributed by atoms with E-state index < -0.39 is 0 Å². The van der Waals surface area contributed by atoms with Crippen LogP contribution in [0.3, 0.4) is 0 Å². The van der Waals surface area contributed by atoms with E-state index in [0.717, 1.165) is 65.9 Å². The van der Waals surface area contributed by atoms with Crippen molar-refractivity contribution >= 4 is 37.8 Å². The van der Waals surface area contributed by atoms with Gasteiger partial charge in [0, 0.05) is 43.9 Å². The Morgan fingerprint density at radius 1 is 0.977 bits per heavy atom. The molecule has 0 aliphatic carbocycles. The summed E-state index contributed by atoms with van der Waals surface area (Å²) in [6.45, 7) is 4.59. The molecule has 5 aromatic rings. The van der Waals surface area contributed by atoms with Crippen molar-refractivity contribution in [2.24, 2.45) is 0 Å². The molecule has 1 unspecified atom stereocenters. The summed E-state index contributed by atoms with van der Waals surface area (Å²) in [5, 5.41) is 5.27. The topological polar surface area (TPSA) is 121 Å². The van der Waals surface area contributed by atoms with Crippen LogP contribution in [0.1, 0.15) is 24.4 Å². The minimum absolute atomic E-state index is 0.0277. The molecule has 1 saturated heterocycles. The maximum atomic E-state index is 12.6. The molecule has 9 nitrogen and oxygen atoms in total. The van der Waals surface area contributed by atoms with Gasteiger partial charge in [-0.05, 0) is 42.2 Å². The Morgan fingerprint density at radius 3 is 2.35 bits per heavy atom. The van der Waals surface area contributed by atoms with Crippen molar-refractivity contribution in [3.63, 3.8) is 0 Å². The second-order valence-corrected chi connectivity index (χ2v) is 10.4. The number of hydrogen-bond donors (Lipinski definition) is 4. The number of pyridine rings is 1. The van der Waals surface area contributed by atoms with Gasteiger partial charge in [0.1, 0.15) is 0 Å². The van der Waals surface area contributed by atoms with Gasteiger partial charge in [0.05, 0.1) is 22.4 Å². The van der Waals surface area contributed by atoms with Crippen molar-refractivity contribution in [2.75, 3.05) is 37.9 Å². The van der Waals surface area contributed by atoms with Crippen LogP contribution in [0.15, 0.2) is 89.7 Å². The average molecular weight is 596 g/mol. The zero-order valence-electron chi connectivity index (χ0n) is 24.5. The normalized spacial score (nSPS) is 13.7. The van der Waals surface area contributed by atoms with Crippen LogP contribution in [0.2, 0.25) is 0 Å². The molecule has 1 aliphatic rings. The second-order valence-electron chi connectivity index (χ2n) is 10.4. The Bertz CT molecular complexity index is 1740. The van der Waals surface area contributed by atoms with Crippen molar-refractivity contribution in [2.45, 2.75) is 25.4 Å². The number of carbonyl (C=O) groups is 1. The molecule has 222 valence electrons. The number of rotatable bonds is 6. The molecule has 1 atom stereocenters. The number of amides is 2. The number of hydrogen-bond acceptors (Lipinski definition) is 5. The van der Waals surface area contributed by atoms with E-state index in [4.69, 9.17) is 10.7 Å². The number of para-hydroxylation sites is 2. The minimum Gasteiger partial charge on any atom is -0.396 e. The number of nitrogens with zero attached hydrogens (tertiary/aromatic N) is 3. The largest absolute Gasteiger partial charge is 0.396 e. The van der Waals surface area contributed by atoms with Gasteiger partial charge in [0.2, 0.25) is 0 Å². The van der Waals surface area contributed by atoms with E-state index in [2.05, 4.69) is 54.0 Å². The molecule has 2 aromatic heterocycles. The summed E-state index contributed by atoms with van der Waals surface area (Å²) < 4.78 is 1.93. The third-order valence-electron chi connectivity index (χ3n) is 7.78. The summed E-state index contributed by atoms with van der Waals surface area (Å²) in [7, 11) is 3.97. The second kappa shape index (κ2) is 13.7. The number of nitrogens with two attached hydrogens (primary N) is 1. The SMILES string of the molecule is CNC(=O)Nc1nc(-c2ccc(CN3CCC(n4c(=O)[nH]c5ccccc54)CC3)cc2)c(-c2ccccc2)cc1N.CP. The van der Waals surface area contributed by atoms with E-state index in [0.29, 0.717) is 11.5 Å². The fourth-order valence-corrected chi connectivity index (χ4v) is 5.66. The molecule has 10 heteroatoms. The first-order valence-electron chi connectivity index (χ1n) is 14.4. The number of H-pyrrole nitrogens is 1. The molecule has 0 radical (unpaired) electrons. The van der Waals surface area contributed by atoms with E-state index in [-0.39, 0.29) is 17.8 Å². The Morgan fingerprint density at radius 2 is 1.65 bits per heavy atom. The first kappa shape index (κ1) is 30.0. The van der Waals surface area contributed by atoms with Crippen LogP contribution in [0, 0.1) is 0 Å². The lowest BCUT2D eigenvalue weighted by molar-refractivity contribution is 0.180. The Labute approximate surface area is 253 Å². The molecule has 0 bridgehead atoms. The lowest BCUT2D eigenvalue weighted by atomic mass is 9.97. The zero-order valence-corrected chi connectivity index (χ0v) is 25.7. The van der Waals surface area contributed by atoms with E-state index in [1.807, 2.05) is 71.9 Å². The first-order valence-corrected chi connectivity index (χ1v) is 15.6. The predicted octanol–water partition coefficient (Wildman–Crippen LogP) is 5.72. The molecule has 0 saturated carbocycles.